The number of morpholine rings is 1. The summed E-state index contributed by atoms with van der Waals surface area (Å²) < 4.78 is 12.7. The fraction of sp³-hybridized carbons (Fsp3) is 0.480. The lowest BCUT2D eigenvalue weighted by molar-refractivity contribution is 0.0336. The highest BCUT2D eigenvalue weighted by Gasteiger charge is 2.31. The zero-order valence-corrected chi connectivity index (χ0v) is 19.0. The highest BCUT2D eigenvalue weighted by Crippen LogP contribution is 2.38. The second-order valence-electron chi connectivity index (χ2n) is 9.17. The van der Waals surface area contributed by atoms with E-state index in [9.17, 15) is 4.79 Å². The second kappa shape index (κ2) is 8.43. The first-order valence-electron chi connectivity index (χ1n) is 11.8. The van der Waals surface area contributed by atoms with E-state index in [-0.39, 0.29) is 11.6 Å². The van der Waals surface area contributed by atoms with Gasteiger partial charge >= 0.3 is 0 Å². The molecule has 0 bridgehead atoms. The SMILES string of the molecule is COc1ccc2c(=O)n(C3CC3)c(N3CCc4nc(CN5CCOCC5)ccc4C3)nc2c1. The van der Waals surface area contributed by atoms with Crippen LogP contribution >= 0.6 is 0 Å². The number of aromatic nitrogens is 3. The molecule has 4 heterocycles. The van der Waals surface area contributed by atoms with Crippen molar-refractivity contribution < 1.29 is 9.47 Å². The van der Waals surface area contributed by atoms with Gasteiger partial charge in [0.1, 0.15) is 5.75 Å². The maximum atomic E-state index is 13.4. The first kappa shape index (κ1) is 20.6. The molecule has 0 amide bonds. The van der Waals surface area contributed by atoms with E-state index in [1.807, 2.05) is 22.8 Å². The van der Waals surface area contributed by atoms with Crippen LogP contribution in [0.25, 0.3) is 10.9 Å². The van der Waals surface area contributed by atoms with Gasteiger partial charge in [-0.05, 0) is 36.6 Å². The van der Waals surface area contributed by atoms with Crippen molar-refractivity contribution in [1.82, 2.24) is 19.4 Å². The molecule has 0 spiro atoms. The van der Waals surface area contributed by atoms with E-state index < -0.39 is 0 Å². The number of ether oxygens (including phenoxy) is 2. The van der Waals surface area contributed by atoms with Crippen LogP contribution in [0.4, 0.5) is 5.95 Å². The van der Waals surface area contributed by atoms with Gasteiger partial charge in [-0.25, -0.2) is 4.98 Å². The fourth-order valence-corrected chi connectivity index (χ4v) is 4.89. The van der Waals surface area contributed by atoms with Crippen molar-refractivity contribution >= 4 is 16.9 Å². The predicted octanol–water partition coefficient (Wildman–Crippen LogP) is 2.53. The molecule has 3 aromatic rings. The summed E-state index contributed by atoms with van der Waals surface area (Å²) in [6.07, 6.45) is 2.92. The second-order valence-corrected chi connectivity index (χ2v) is 9.17. The molecule has 0 N–H and O–H groups in total. The van der Waals surface area contributed by atoms with E-state index >= 15 is 0 Å². The third-order valence-electron chi connectivity index (χ3n) is 6.88. The van der Waals surface area contributed by atoms with Gasteiger partial charge in [0.25, 0.3) is 5.56 Å². The normalized spacial score (nSPS) is 19.0. The number of fused-ring (bicyclic) bond motifs is 2. The van der Waals surface area contributed by atoms with Crippen LogP contribution in [-0.2, 0) is 24.2 Å². The van der Waals surface area contributed by atoms with Crippen LogP contribution in [0.3, 0.4) is 0 Å². The van der Waals surface area contributed by atoms with Crippen LogP contribution in [0, 0.1) is 0 Å². The molecule has 1 saturated heterocycles. The zero-order chi connectivity index (χ0) is 22.4. The van der Waals surface area contributed by atoms with Crippen molar-refractivity contribution in [2.45, 2.75) is 38.4 Å². The van der Waals surface area contributed by atoms with Gasteiger partial charge < -0.3 is 14.4 Å². The van der Waals surface area contributed by atoms with Gasteiger partial charge in [-0.15, -0.1) is 0 Å². The number of pyridine rings is 1. The molecule has 0 unspecified atom stereocenters. The van der Waals surface area contributed by atoms with Gasteiger partial charge in [-0.2, -0.15) is 0 Å². The minimum atomic E-state index is 0.0462. The molecule has 1 aromatic carbocycles. The monoisotopic (exact) mass is 447 g/mol. The van der Waals surface area contributed by atoms with Gasteiger partial charge in [0.05, 0.1) is 36.9 Å². The van der Waals surface area contributed by atoms with Crippen molar-refractivity contribution in [3.63, 3.8) is 0 Å². The van der Waals surface area contributed by atoms with Crippen LogP contribution < -0.4 is 15.2 Å². The molecule has 0 radical (unpaired) electrons. The average Bonchev–Trinajstić information content (AvgIpc) is 3.69. The first-order chi connectivity index (χ1) is 16.2. The lowest BCUT2D eigenvalue weighted by atomic mass is 10.0. The third kappa shape index (κ3) is 3.98. The number of benzene rings is 1. The number of methoxy groups -OCH3 is 1. The zero-order valence-electron chi connectivity index (χ0n) is 19.0. The summed E-state index contributed by atoms with van der Waals surface area (Å²) in [4.78, 5) is 28.0. The molecule has 172 valence electrons. The lowest BCUT2D eigenvalue weighted by Crippen LogP contribution is -2.37. The van der Waals surface area contributed by atoms with E-state index in [0.29, 0.717) is 16.7 Å². The van der Waals surface area contributed by atoms with Crippen LogP contribution in [0.15, 0.2) is 35.1 Å². The summed E-state index contributed by atoms with van der Waals surface area (Å²) in [7, 11) is 1.63. The van der Waals surface area contributed by atoms with E-state index in [2.05, 4.69) is 21.9 Å². The Bertz CT molecular complexity index is 1250. The largest absolute Gasteiger partial charge is 0.497 e. The van der Waals surface area contributed by atoms with Crippen LogP contribution in [0.1, 0.15) is 35.8 Å². The summed E-state index contributed by atoms with van der Waals surface area (Å²) in [5.41, 5.74) is 4.24. The number of nitrogens with zero attached hydrogens (tertiary/aromatic N) is 5. The number of hydrogen-bond acceptors (Lipinski definition) is 7. The van der Waals surface area contributed by atoms with Gasteiger partial charge in [0, 0.05) is 56.9 Å². The Labute approximate surface area is 192 Å². The highest BCUT2D eigenvalue weighted by molar-refractivity contribution is 5.80. The highest BCUT2D eigenvalue weighted by atomic mass is 16.5. The van der Waals surface area contributed by atoms with Crippen molar-refractivity contribution in [3.05, 3.63) is 57.6 Å². The van der Waals surface area contributed by atoms with E-state index in [4.69, 9.17) is 19.4 Å². The lowest BCUT2D eigenvalue weighted by Gasteiger charge is -2.32. The molecule has 0 atom stereocenters. The summed E-state index contributed by atoms with van der Waals surface area (Å²) in [5.74, 6) is 1.48. The van der Waals surface area contributed by atoms with Gasteiger partial charge in [-0.3, -0.25) is 19.2 Å². The Kier molecular flexibility index (Phi) is 5.27. The van der Waals surface area contributed by atoms with Crippen molar-refractivity contribution in [2.75, 3.05) is 44.9 Å². The molecular weight excluding hydrogens is 418 g/mol. The molecule has 1 aliphatic carbocycles. The van der Waals surface area contributed by atoms with Crippen LogP contribution in [0.5, 0.6) is 5.75 Å². The first-order valence-corrected chi connectivity index (χ1v) is 11.8. The number of rotatable bonds is 5. The van der Waals surface area contributed by atoms with Gasteiger partial charge in [0.15, 0.2) is 0 Å². The van der Waals surface area contributed by atoms with Gasteiger partial charge in [0.2, 0.25) is 5.95 Å². The molecule has 8 nitrogen and oxygen atoms in total. The summed E-state index contributed by atoms with van der Waals surface area (Å²) in [6.45, 7) is 5.91. The molecule has 6 rings (SSSR count). The Morgan fingerprint density at radius 3 is 2.73 bits per heavy atom. The quantitative estimate of drug-likeness (QED) is 0.595. The molecule has 3 aliphatic rings. The van der Waals surface area contributed by atoms with Crippen LogP contribution in [0.2, 0.25) is 0 Å². The van der Waals surface area contributed by atoms with E-state index in [1.165, 1.54) is 11.3 Å². The topological polar surface area (TPSA) is 72.7 Å². The maximum absolute atomic E-state index is 13.4. The molecule has 2 fully saturated rings. The molecule has 2 aromatic heterocycles. The number of hydrogen-bond donors (Lipinski definition) is 0. The Morgan fingerprint density at radius 2 is 1.94 bits per heavy atom. The van der Waals surface area contributed by atoms with Crippen molar-refractivity contribution in [3.8, 4) is 5.75 Å². The predicted molar refractivity (Wildman–Crippen MR) is 126 cm³/mol. The molecule has 2 aliphatic heterocycles. The summed E-state index contributed by atoms with van der Waals surface area (Å²) >= 11 is 0. The number of anilines is 1. The standard InChI is InChI=1S/C25H29N5O3/c1-32-20-6-7-21-23(14-20)27-25(30(24(21)31)19-4-5-19)29-9-8-22-17(15-29)2-3-18(26-22)16-28-10-12-33-13-11-28/h2-3,6-7,14,19H,4-5,8-13,15-16H2,1H3. The van der Waals surface area contributed by atoms with Crippen molar-refractivity contribution in [2.24, 2.45) is 0 Å². The van der Waals surface area contributed by atoms with Gasteiger partial charge in [-0.1, -0.05) is 6.07 Å². The summed E-state index contributed by atoms with van der Waals surface area (Å²) in [5, 5.41) is 0.651. The molecular formula is C25H29N5O3. The molecule has 33 heavy (non-hydrogen) atoms. The van der Waals surface area contributed by atoms with E-state index in [1.54, 1.807) is 7.11 Å². The van der Waals surface area contributed by atoms with E-state index in [0.717, 1.165) is 76.8 Å². The minimum absolute atomic E-state index is 0.0462. The van der Waals surface area contributed by atoms with Crippen LogP contribution in [-0.4, -0.2) is 59.4 Å². The fourth-order valence-electron chi connectivity index (χ4n) is 4.89. The minimum Gasteiger partial charge on any atom is -0.497 e. The molecule has 8 heteroatoms. The smallest absolute Gasteiger partial charge is 0.263 e. The average molecular weight is 448 g/mol. The Balaban J connectivity index is 1.31. The maximum Gasteiger partial charge on any atom is 0.263 e. The third-order valence-corrected chi connectivity index (χ3v) is 6.88. The summed E-state index contributed by atoms with van der Waals surface area (Å²) in [6, 6.07) is 10.1. The Morgan fingerprint density at radius 1 is 1.09 bits per heavy atom. The molecule has 1 saturated carbocycles. The van der Waals surface area contributed by atoms with Crippen molar-refractivity contribution in [1.29, 1.82) is 0 Å². The Hall–Kier alpha value is -2.97.